The minimum Gasteiger partial charge on any atom is -0.491 e. The number of pyridine rings is 2. The van der Waals surface area contributed by atoms with Gasteiger partial charge < -0.3 is 14.8 Å². The van der Waals surface area contributed by atoms with Crippen molar-refractivity contribution in [1.29, 1.82) is 0 Å². The van der Waals surface area contributed by atoms with Gasteiger partial charge in [-0.3, -0.25) is 4.79 Å². The van der Waals surface area contributed by atoms with Crippen molar-refractivity contribution in [2.45, 2.75) is 10.1 Å². The molecule has 3 rings (SSSR count). The molecule has 0 unspecified atom stereocenters. The average molecular weight is 381 g/mol. The summed E-state index contributed by atoms with van der Waals surface area (Å²) in [5.41, 5.74) is 0.664. The van der Waals surface area contributed by atoms with Gasteiger partial charge in [0.15, 0.2) is 0 Å². The van der Waals surface area contributed by atoms with Gasteiger partial charge in [-0.15, -0.1) is 0 Å². The number of rotatable bonds is 9. The molecular weight excluding hydrogens is 362 g/mol. The van der Waals surface area contributed by atoms with Crippen molar-refractivity contribution in [3.05, 3.63) is 73.1 Å². The number of aromatic nitrogens is 2. The Morgan fingerprint density at radius 1 is 0.926 bits per heavy atom. The second kappa shape index (κ2) is 10.3. The minimum absolute atomic E-state index is 0.0385. The van der Waals surface area contributed by atoms with Crippen molar-refractivity contribution in [2.24, 2.45) is 0 Å². The zero-order chi connectivity index (χ0) is 18.7. The van der Waals surface area contributed by atoms with E-state index >= 15 is 0 Å². The summed E-state index contributed by atoms with van der Waals surface area (Å²) in [6.07, 6.45) is 3.38. The second-order valence-corrected chi connectivity index (χ2v) is 6.46. The molecule has 1 amide bonds. The molecule has 0 saturated heterocycles. The van der Waals surface area contributed by atoms with Crippen LogP contribution in [0.25, 0.3) is 0 Å². The highest BCUT2D eigenvalue weighted by Crippen LogP contribution is 2.25. The Hall–Kier alpha value is -2.90. The van der Waals surface area contributed by atoms with Crippen LogP contribution in [-0.4, -0.2) is 35.7 Å². The first-order valence-electron chi connectivity index (χ1n) is 8.40. The lowest BCUT2D eigenvalue weighted by Gasteiger charge is -2.08. The number of amides is 1. The van der Waals surface area contributed by atoms with Gasteiger partial charge >= 0.3 is 0 Å². The number of nitrogens with one attached hydrogen (secondary N) is 1. The van der Waals surface area contributed by atoms with E-state index in [0.29, 0.717) is 18.9 Å². The number of nitrogens with zero attached hydrogens (tertiary/aromatic N) is 2. The largest absolute Gasteiger partial charge is 0.491 e. The zero-order valence-electron chi connectivity index (χ0n) is 14.6. The summed E-state index contributed by atoms with van der Waals surface area (Å²) in [6, 6.07) is 18.7. The number of hydrogen-bond donors (Lipinski definition) is 1. The smallest absolute Gasteiger partial charge is 0.250 e. The molecule has 0 aliphatic rings. The van der Waals surface area contributed by atoms with E-state index < -0.39 is 0 Å². The quantitative estimate of drug-likeness (QED) is 0.570. The lowest BCUT2D eigenvalue weighted by Crippen LogP contribution is -2.20. The molecule has 0 spiro atoms. The molecule has 0 bridgehead atoms. The van der Waals surface area contributed by atoms with Crippen LogP contribution in [0.1, 0.15) is 0 Å². The highest BCUT2D eigenvalue weighted by atomic mass is 32.2. The Morgan fingerprint density at radius 3 is 2.56 bits per heavy atom. The van der Waals surface area contributed by atoms with Gasteiger partial charge in [-0.25, -0.2) is 9.97 Å². The highest BCUT2D eigenvalue weighted by molar-refractivity contribution is 7.99. The van der Waals surface area contributed by atoms with Gasteiger partial charge in [0.25, 0.3) is 0 Å². The molecule has 27 heavy (non-hydrogen) atoms. The van der Waals surface area contributed by atoms with Crippen LogP contribution in [0.5, 0.6) is 5.75 Å². The Morgan fingerprint density at radius 2 is 1.74 bits per heavy atom. The van der Waals surface area contributed by atoms with Crippen molar-refractivity contribution in [3.63, 3.8) is 0 Å². The third kappa shape index (κ3) is 6.73. The number of para-hydroxylation sites is 1. The lowest BCUT2D eigenvalue weighted by atomic mass is 10.3. The van der Waals surface area contributed by atoms with Crippen molar-refractivity contribution in [2.75, 3.05) is 25.1 Å². The molecule has 0 aliphatic carbocycles. The third-order valence-corrected chi connectivity index (χ3v) is 4.22. The molecule has 2 aromatic heterocycles. The predicted molar refractivity (Wildman–Crippen MR) is 104 cm³/mol. The van der Waals surface area contributed by atoms with E-state index in [0.717, 1.165) is 15.8 Å². The number of hydrogen-bond acceptors (Lipinski definition) is 6. The number of benzene rings is 1. The Balaban J connectivity index is 1.39. The highest BCUT2D eigenvalue weighted by Gasteiger charge is 2.05. The SMILES string of the molecule is O=C(COCCOc1ccccc1)Nc1ccnc(Sc2ccccn2)c1. The maximum Gasteiger partial charge on any atom is 0.250 e. The van der Waals surface area contributed by atoms with Gasteiger partial charge in [0.2, 0.25) is 5.91 Å². The summed E-state index contributed by atoms with van der Waals surface area (Å²) in [4.78, 5) is 20.5. The van der Waals surface area contributed by atoms with E-state index in [4.69, 9.17) is 9.47 Å². The van der Waals surface area contributed by atoms with E-state index in [9.17, 15) is 4.79 Å². The van der Waals surface area contributed by atoms with Crippen LogP contribution in [0.2, 0.25) is 0 Å². The first kappa shape index (κ1) is 18.9. The van der Waals surface area contributed by atoms with E-state index in [-0.39, 0.29) is 12.5 Å². The average Bonchev–Trinajstić information content (AvgIpc) is 2.69. The fourth-order valence-electron chi connectivity index (χ4n) is 2.15. The molecule has 1 N–H and O–H groups in total. The van der Waals surface area contributed by atoms with Gasteiger partial charge in [-0.1, -0.05) is 36.0 Å². The third-order valence-electron chi connectivity index (χ3n) is 3.34. The summed E-state index contributed by atoms with van der Waals surface area (Å²) in [7, 11) is 0. The van der Waals surface area contributed by atoms with Crippen LogP contribution < -0.4 is 10.1 Å². The van der Waals surface area contributed by atoms with E-state index in [2.05, 4.69) is 15.3 Å². The lowest BCUT2D eigenvalue weighted by molar-refractivity contribution is -0.120. The molecule has 1 aromatic carbocycles. The van der Waals surface area contributed by atoms with Crippen molar-refractivity contribution >= 4 is 23.4 Å². The number of carbonyl (C=O) groups excluding carboxylic acids is 1. The molecule has 138 valence electrons. The number of ether oxygens (including phenoxy) is 2. The van der Waals surface area contributed by atoms with Gasteiger partial charge in [0.1, 0.15) is 29.0 Å². The predicted octanol–water partition coefficient (Wildman–Crippen LogP) is 3.66. The van der Waals surface area contributed by atoms with Crippen LogP contribution in [0.3, 0.4) is 0 Å². The topological polar surface area (TPSA) is 73.3 Å². The molecule has 6 nitrogen and oxygen atoms in total. The normalized spacial score (nSPS) is 10.4. The fraction of sp³-hybridized carbons (Fsp3) is 0.150. The Bertz CT molecular complexity index is 847. The summed E-state index contributed by atoms with van der Waals surface area (Å²) in [5, 5.41) is 4.39. The molecule has 0 saturated carbocycles. The maximum atomic E-state index is 12.0. The Kier molecular flexibility index (Phi) is 7.20. The van der Waals surface area contributed by atoms with Gasteiger partial charge in [-0.2, -0.15) is 0 Å². The first-order chi connectivity index (χ1) is 13.3. The number of carbonyl (C=O) groups is 1. The zero-order valence-corrected chi connectivity index (χ0v) is 15.4. The van der Waals surface area contributed by atoms with Crippen molar-refractivity contribution in [1.82, 2.24) is 9.97 Å². The fourth-order valence-corrected chi connectivity index (χ4v) is 2.93. The van der Waals surface area contributed by atoms with E-state index in [1.165, 1.54) is 11.8 Å². The van der Waals surface area contributed by atoms with Crippen LogP contribution in [-0.2, 0) is 9.53 Å². The molecule has 0 atom stereocenters. The van der Waals surface area contributed by atoms with Crippen molar-refractivity contribution < 1.29 is 14.3 Å². The van der Waals surface area contributed by atoms with E-state index in [1.807, 2.05) is 48.5 Å². The van der Waals surface area contributed by atoms with Crippen molar-refractivity contribution in [3.8, 4) is 5.75 Å². The van der Waals surface area contributed by atoms with Crippen LogP contribution in [0, 0.1) is 0 Å². The van der Waals surface area contributed by atoms with E-state index in [1.54, 1.807) is 24.5 Å². The summed E-state index contributed by atoms with van der Waals surface area (Å²) in [6.45, 7) is 0.681. The van der Waals surface area contributed by atoms with Crippen LogP contribution in [0.4, 0.5) is 5.69 Å². The summed E-state index contributed by atoms with van der Waals surface area (Å²) < 4.78 is 10.9. The summed E-state index contributed by atoms with van der Waals surface area (Å²) in [5.74, 6) is 0.551. The minimum atomic E-state index is -0.227. The van der Waals surface area contributed by atoms with Gasteiger partial charge in [0, 0.05) is 18.1 Å². The standard InChI is InChI=1S/C20H19N3O3S/c24-18(15-25-12-13-26-17-6-2-1-3-7-17)23-16-9-11-22-20(14-16)27-19-8-4-5-10-21-19/h1-11,14H,12-13,15H2,(H,22,23,24). The first-order valence-corrected chi connectivity index (χ1v) is 9.21. The van der Waals surface area contributed by atoms with Crippen LogP contribution >= 0.6 is 11.8 Å². The second-order valence-electron chi connectivity index (χ2n) is 5.42. The molecule has 3 aromatic rings. The molecule has 0 fully saturated rings. The van der Waals surface area contributed by atoms with Gasteiger partial charge in [0.05, 0.1) is 6.61 Å². The molecule has 0 aliphatic heterocycles. The maximum absolute atomic E-state index is 12.0. The Labute approximate surface area is 162 Å². The van der Waals surface area contributed by atoms with Gasteiger partial charge in [-0.05, 0) is 36.4 Å². The molecular formula is C20H19N3O3S. The molecule has 2 heterocycles. The van der Waals surface area contributed by atoms with Crippen LogP contribution in [0.15, 0.2) is 83.1 Å². The number of anilines is 1. The monoisotopic (exact) mass is 381 g/mol. The summed E-state index contributed by atoms with van der Waals surface area (Å²) >= 11 is 1.43. The molecule has 7 heteroatoms. The molecule has 0 radical (unpaired) electrons.